The van der Waals surface area contributed by atoms with E-state index in [1.54, 1.807) is 13.2 Å². The van der Waals surface area contributed by atoms with E-state index in [1.807, 2.05) is 12.1 Å². The predicted molar refractivity (Wildman–Crippen MR) is 75.1 cm³/mol. The summed E-state index contributed by atoms with van der Waals surface area (Å²) in [5, 5.41) is 10.3. The summed E-state index contributed by atoms with van der Waals surface area (Å²) in [6.07, 6.45) is 0. The molecular weight excluding hydrogens is 250 g/mol. The van der Waals surface area contributed by atoms with E-state index in [4.69, 9.17) is 16.3 Å². The van der Waals surface area contributed by atoms with E-state index in [9.17, 15) is 5.11 Å². The minimum absolute atomic E-state index is 0.185. The molecule has 1 aromatic carbocycles. The SMILES string of the molecule is COCCN(Cc1cccc(Cl)c1O)CC(C)C. The third-order valence-electron chi connectivity index (χ3n) is 2.70. The molecule has 102 valence electrons. The average molecular weight is 272 g/mol. The van der Waals surface area contributed by atoms with Crippen molar-refractivity contribution in [3.05, 3.63) is 28.8 Å². The molecule has 0 aliphatic carbocycles. The maximum absolute atomic E-state index is 9.92. The van der Waals surface area contributed by atoms with Crippen LogP contribution in [-0.2, 0) is 11.3 Å². The van der Waals surface area contributed by atoms with Crippen LogP contribution in [0.3, 0.4) is 0 Å². The van der Waals surface area contributed by atoms with Crippen molar-refractivity contribution in [2.45, 2.75) is 20.4 Å². The second-order valence-electron chi connectivity index (χ2n) is 4.87. The van der Waals surface area contributed by atoms with Gasteiger partial charge in [-0.1, -0.05) is 37.6 Å². The van der Waals surface area contributed by atoms with Crippen LogP contribution in [0.1, 0.15) is 19.4 Å². The minimum atomic E-state index is 0.185. The quantitative estimate of drug-likeness (QED) is 0.827. The Labute approximate surface area is 114 Å². The molecule has 18 heavy (non-hydrogen) atoms. The maximum atomic E-state index is 9.92. The van der Waals surface area contributed by atoms with Gasteiger partial charge in [-0.2, -0.15) is 0 Å². The molecule has 0 saturated carbocycles. The molecule has 0 radical (unpaired) electrons. The standard InChI is InChI=1S/C14H22ClNO2/c1-11(2)9-16(7-8-18-3)10-12-5-4-6-13(15)14(12)17/h4-6,11,17H,7-10H2,1-3H3. The number of hydrogen-bond donors (Lipinski definition) is 1. The zero-order valence-corrected chi connectivity index (χ0v) is 12.1. The van der Waals surface area contributed by atoms with Crippen LogP contribution in [0.15, 0.2) is 18.2 Å². The van der Waals surface area contributed by atoms with Gasteiger partial charge in [0.15, 0.2) is 0 Å². The van der Waals surface area contributed by atoms with Gasteiger partial charge in [-0.05, 0) is 12.0 Å². The van der Waals surface area contributed by atoms with Crippen LogP contribution in [0.4, 0.5) is 0 Å². The van der Waals surface area contributed by atoms with Crippen molar-refractivity contribution in [2.75, 3.05) is 26.8 Å². The molecule has 0 heterocycles. The van der Waals surface area contributed by atoms with E-state index >= 15 is 0 Å². The van der Waals surface area contributed by atoms with E-state index in [2.05, 4.69) is 18.7 Å². The first-order valence-electron chi connectivity index (χ1n) is 6.22. The zero-order chi connectivity index (χ0) is 13.5. The molecular formula is C14H22ClNO2. The number of benzene rings is 1. The Balaban J connectivity index is 2.72. The summed E-state index contributed by atoms with van der Waals surface area (Å²) in [5.74, 6) is 0.758. The van der Waals surface area contributed by atoms with Gasteiger partial charge in [-0.3, -0.25) is 4.90 Å². The average Bonchev–Trinajstić information content (AvgIpc) is 2.31. The smallest absolute Gasteiger partial charge is 0.138 e. The van der Waals surface area contributed by atoms with Gasteiger partial charge >= 0.3 is 0 Å². The molecule has 0 spiro atoms. The highest BCUT2D eigenvalue weighted by molar-refractivity contribution is 6.32. The van der Waals surface area contributed by atoms with Crippen LogP contribution in [0, 0.1) is 5.92 Å². The molecule has 0 aromatic heterocycles. The molecule has 1 rings (SSSR count). The third-order valence-corrected chi connectivity index (χ3v) is 3.00. The number of phenolic OH excluding ortho intramolecular Hbond substituents is 1. The lowest BCUT2D eigenvalue weighted by atomic mass is 10.1. The molecule has 0 unspecified atom stereocenters. The van der Waals surface area contributed by atoms with Gasteiger partial charge in [0, 0.05) is 32.3 Å². The first-order valence-corrected chi connectivity index (χ1v) is 6.60. The molecule has 0 aliphatic rings. The predicted octanol–water partition coefficient (Wildman–Crippen LogP) is 3.15. The Morgan fingerprint density at radius 2 is 2.11 bits per heavy atom. The lowest BCUT2D eigenvalue weighted by molar-refractivity contribution is 0.135. The van der Waals surface area contributed by atoms with Crippen molar-refractivity contribution >= 4 is 11.6 Å². The fourth-order valence-corrected chi connectivity index (χ4v) is 2.09. The van der Waals surface area contributed by atoms with E-state index < -0.39 is 0 Å². The number of para-hydroxylation sites is 1. The van der Waals surface area contributed by atoms with Crippen molar-refractivity contribution in [3.63, 3.8) is 0 Å². The summed E-state index contributed by atoms with van der Waals surface area (Å²) in [7, 11) is 1.70. The van der Waals surface area contributed by atoms with Crippen molar-refractivity contribution in [1.29, 1.82) is 0 Å². The third kappa shape index (κ3) is 4.84. The normalized spacial score (nSPS) is 11.4. The second-order valence-corrected chi connectivity index (χ2v) is 5.28. The summed E-state index contributed by atoms with van der Waals surface area (Å²) in [6, 6.07) is 5.46. The van der Waals surface area contributed by atoms with Gasteiger partial charge in [0.2, 0.25) is 0 Å². The van der Waals surface area contributed by atoms with Crippen molar-refractivity contribution in [3.8, 4) is 5.75 Å². The molecule has 0 bridgehead atoms. The Kier molecular flexibility index (Phi) is 6.47. The Bertz CT molecular complexity index is 369. The van der Waals surface area contributed by atoms with Gasteiger partial charge in [-0.25, -0.2) is 0 Å². The number of rotatable bonds is 7. The van der Waals surface area contributed by atoms with Crippen LogP contribution in [0.2, 0.25) is 5.02 Å². The number of phenols is 1. The number of nitrogens with zero attached hydrogens (tertiary/aromatic N) is 1. The van der Waals surface area contributed by atoms with E-state index in [1.165, 1.54) is 0 Å². The van der Waals surface area contributed by atoms with Crippen molar-refractivity contribution in [1.82, 2.24) is 4.90 Å². The maximum Gasteiger partial charge on any atom is 0.138 e. The summed E-state index contributed by atoms with van der Waals surface area (Å²) in [4.78, 5) is 2.26. The van der Waals surface area contributed by atoms with Gasteiger partial charge in [0.05, 0.1) is 11.6 Å². The number of halogens is 1. The summed E-state index contributed by atoms with van der Waals surface area (Å²) >= 11 is 5.91. The first-order chi connectivity index (χ1) is 8.54. The van der Waals surface area contributed by atoms with Crippen molar-refractivity contribution < 1.29 is 9.84 Å². The Hall–Kier alpha value is -0.770. The lowest BCUT2D eigenvalue weighted by Gasteiger charge is -2.24. The lowest BCUT2D eigenvalue weighted by Crippen LogP contribution is -2.30. The molecule has 0 atom stereocenters. The molecule has 3 nitrogen and oxygen atoms in total. The fraction of sp³-hybridized carbons (Fsp3) is 0.571. The molecule has 4 heteroatoms. The number of hydrogen-bond acceptors (Lipinski definition) is 3. The van der Waals surface area contributed by atoms with Crippen LogP contribution in [0.25, 0.3) is 0 Å². The fourth-order valence-electron chi connectivity index (χ4n) is 1.90. The van der Waals surface area contributed by atoms with Gasteiger partial charge in [-0.15, -0.1) is 0 Å². The van der Waals surface area contributed by atoms with Crippen LogP contribution in [-0.4, -0.2) is 36.8 Å². The highest BCUT2D eigenvalue weighted by Gasteiger charge is 2.12. The second kappa shape index (κ2) is 7.62. The Morgan fingerprint density at radius 1 is 1.39 bits per heavy atom. The molecule has 1 N–H and O–H groups in total. The van der Waals surface area contributed by atoms with Crippen molar-refractivity contribution in [2.24, 2.45) is 5.92 Å². The minimum Gasteiger partial charge on any atom is -0.506 e. The molecule has 1 aromatic rings. The molecule has 0 amide bonds. The van der Waals surface area contributed by atoms with E-state index in [0.717, 1.165) is 18.7 Å². The van der Waals surface area contributed by atoms with Gasteiger partial charge in [0.25, 0.3) is 0 Å². The monoisotopic (exact) mass is 271 g/mol. The molecule has 0 aliphatic heterocycles. The topological polar surface area (TPSA) is 32.7 Å². The summed E-state index contributed by atoms with van der Waals surface area (Å²) in [5.41, 5.74) is 0.860. The summed E-state index contributed by atoms with van der Waals surface area (Å²) < 4.78 is 5.12. The number of ether oxygens (including phenoxy) is 1. The zero-order valence-electron chi connectivity index (χ0n) is 11.3. The van der Waals surface area contributed by atoms with E-state index in [-0.39, 0.29) is 5.75 Å². The van der Waals surface area contributed by atoms with E-state index in [0.29, 0.717) is 24.1 Å². The van der Waals surface area contributed by atoms with Crippen LogP contribution < -0.4 is 0 Å². The number of methoxy groups -OCH3 is 1. The largest absolute Gasteiger partial charge is 0.506 e. The number of aromatic hydroxyl groups is 1. The molecule has 0 fully saturated rings. The van der Waals surface area contributed by atoms with Crippen LogP contribution in [0.5, 0.6) is 5.75 Å². The molecule has 0 saturated heterocycles. The summed E-state index contributed by atoms with van der Waals surface area (Å²) in [6.45, 7) is 7.55. The van der Waals surface area contributed by atoms with Gasteiger partial charge < -0.3 is 9.84 Å². The van der Waals surface area contributed by atoms with Gasteiger partial charge in [0.1, 0.15) is 5.75 Å². The Morgan fingerprint density at radius 3 is 2.72 bits per heavy atom. The highest BCUT2D eigenvalue weighted by atomic mass is 35.5. The van der Waals surface area contributed by atoms with Crippen LogP contribution >= 0.6 is 11.6 Å². The highest BCUT2D eigenvalue weighted by Crippen LogP contribution is 2.27. The first kappa shape index (κ1) is 15.3.